The van der Waals surface area contributed by atoms with Gasteiger partial charge in [-0.1, -0.05) is 12.7 Å². The number of nitrogens with zero attached hydrogens (tertiary/aromatic N) is 1. The number of hydrogen-bond donors (Lipinski definition) is 1. The average molecular weight is 167 g/mol. The van der Waals surface area contributed by atoms with Gasteiger partial charge in [-0.25, -0.2) is 14.2 Å². The maximum Gasteiger partial charge on any atom is 0.355 e. The lowest BCUT2D eigenvalue weighted by atomic mass is 10.2. The van der Waals surface area contributed by atoms with Gasteiger partial charge in [0, 0.05) is 5.56 Å². The minimum atomic E-state index is -1.19. The van der Waals surface area contributed by atoms with Crippen molar-refractivity contribution in [3.63, 3.8) is 0 Å². The van der Waals surface area contributed by atoms with E-state index in [2.05, 4.69) is 11.6 Å². The summed E-state index contributed by atoms with van der Waals surface area (Å²) in [5, 5.41) is 8.55. The second-order valence-corrected chi connectivity index (χ2v) is 2.10. The van der Waals surface area contributed by atoms with Crippen molar-refractivity contribution in [2.24, 2.45) is 0 Å². The van der Waals surface area contributed by atoms with Crippen molar-refractivity contribution >= 4 is 12.0 Å². The summed E-state index contributed by atoms with van der Waals surface area (Å²) in [5.41, 5.74) is -0.00565. The Morgan fingerprint density at radius 2 is 2.42 bits per heavy atom. The zero-order valence-electron chi connectivity index (χ0n) is 6.12. The summed E-state index contributed by atoms with van der Waals surface area (Å²) < 4.78 is 12.5. The highest BCUT2D eigenvalue weighted by atomic mass is 19.1. The summed E-state index contributed by atoms with van der Waals surface area (Å²) in [7, 11) is 0. The summed E-state index contributed by atoms with van der Waals surface area (Å²) in [5.74, 6) is -1.76. The van der Waals surface area contributed by atoms with Crippen LogP contribution in [0.15, 0.2) is 18.8 Å². The predicted molar refractivity (Wildman–Crippen MR) is 41.2 cm³/mol. The molecule has 62 valence electrons. The van der Waals surface area contributed by atoms with Crippen LogP contribution in [0.1, 0.15) is 16.1 Å². The molecule has 0 aromatic carbocycles. The Morgan fingerprint density at radius 3 is 2.92 bits per heavy atom. The quantitative estimate of drug-likeness (QED) is 0.727. The van der Waals surface area contributed by atoms with E-state index in [1.54, 1.807) is 0 Å². The topological polar surface area (TPSA) is 50.2 Å². The average Bonchev–Trinajstić information content (AvgIpc) is 2.03. The summed E-state index contributed by atoms with van der Waals surface area (Å²) in [6.07, 6.45) is 2.11. The van der Waals surface area contributed by atoms with Gasteiger partial charge in [0.1, 0.15) is 5.82 Å². The molecule has 0 aliphatic carbocycles. The second-order valence-electron chi connectivity index (χ2n) is 2.10. The van der Waals surface area contributed by atoms with E-state index in [4.69, 9.17) is 5.11 Å². The molecule has 0 aliphatic heterocycles. The van der Waals surface area contributed by atoms with Crippen LogP contribution in [-0.2, 0) is 0 Å². The van der Waals surface area contributed by atoms with Gasteiger partial charge in [0.15, 0.2) is 5.69 Å². The monoisotopic (exact) mass is 167 g/mol. The SMILES string of the molecule is C=Cc1cc(F)cnc1C(=O)O. The molecule has 12 heavy (non-hydrogen) atoms. The van der Waals surface area contributed by atoms with Crippen LogP contribution in [-0.4, -0.2) is 16.1 Å². The molecular formula is C8H6FNO2. The third kappa shape index (κ3) is 1.47. The zero-order valence-corrected chi connectivity index (χ0v) is 6.12. The van der Waals surface area contributed by atoms with Gasteiger partial charge in [0.05, 0.1) is 6.20 Å². The van der Waals surface area contributed by atoms with Crippen LogP contribution in [0.5, 0.6) is 0 Å². The number of pyridine rings is 1. The molecule has 0 aliphatic rings. The van der Waals surface area contributed by atoms with Crippen molar-refractivity contribution < 1.29 is 14.3 Å². The van der Waals surface area contributed by atoms with Gasteiger partial charge in [-0.05, 0) is 6.07 Å². The fourth-order valence-electron chi connectivity index (χ4n) is 0.789. The van der Waals surface area contributed by atoms with E-state index in [0.29, 0.717) is 0 Å². The summed E-state index contributed by atoms with van der Waals surface area (Å²) in [6.45, 7) is 3.35. The van der Waals surface area contributed by atoms with Gasteiger partial charge in [-0.3, -0.25) is 0 Å². The Labute approximate surface area is 68.2 Å². The van der Waals surface area contributed by atoms with Gasteiger partial charge in [0.2, 0.25) is 0 Å². The number of hydrogen-bond acceptors (Lipinski definition) is 2. The highest BCUT2D eigenvalue weighted by molar-refractivity contribution is 5.89. The van der Waals surface area contributed by atoms with Crippen molar-refractivity contribution in [3.8, 4) is 0 Å². The molecule has 3 nitrogen and oxygen atoms in total. The Balaban J connectivity index is 3.29. The standard InChI is InChI=1S/C8H6FNO2/c1-2-5-3-6(9)4-10-7(5)8(11)12/h2-4H,1H2,(H,11,12). The summed E-state index contributed by atoms with van der Waals surface area (Å²) in [4.78, 5) is 13.9. The molecular weight excluding hydrogens is 161 g/mol. The van der Waals surface area contributed by atoms with Crippen molar-refractivity contribution in [1.29, 1.82) is 0 Å². The lowest BCUT2D eigenvalue weighted by Crippen LogP contribution is -2.03. The number of carbonyl (C=O) groups is 1. The highest BCUT2D eigenvalue weighted by Crippen LogP contribution is 2.08. The minimum absolute atomic E-state index is 0.183. The van der Waals surface area contributed by atoms with E-state index >= 15 is 0 Å². The highest BCUT2D eigenvalue weighted by Gasteiger charge is 2.09. The van der Waals surface area contributed by atoms with Gasteiger partial charge in [-0.15, -0.1) is 0 Å². The van der Waals surface area contributed by atoms with Crippen LogP contribution in [0.3, 0.4) is 0 Å². The lowest BCUT2D eigenvalue weighted by Gasteiger charge is -1.98. The molecule has 0 unspecified atom stereocenters. The van der Waals surface area contributed by atoms with Gasteiger partial charge < -0.3 is 5.11 Å². The number of rotatable bonds is 2. The maximum absolute atomic E-state index is 12.5. The molecule has 4 heteroatoms. The molecule has 1 aromatic heterocycles. The Morgan fingerprint density at radius 1 is 1.75 bits per heavy atom. The maximum atomic E-state index is 12.5. The third-order valence-corrected chi connectivity index (χ3v) is 1.31. The van der Waals surface area contributed by atoms with E-state index in [0.717, 1.165) is 12.3 Å². The van der Waals surface area contributed by atoms with Crippen molar-refractivity contribution in [1.82, 2.24) is 4.98 Å². The molecule has 0 atom stereocenters. The van der Waals surface area contributed by atoms with Crippen molar-refractivity contribution in [2.75, 3.05) is 0 Å². The molecule has 0 spiro atoms. The normalized spacial score (nSPS) is 9.42. The fraction of sp³-hybridized carbons (Fsp3) is 0. The molecule has 0 radical (unpaired) electrons. The molecule has 1 N–H and O–H groups in total. The molecule has 0 saturated heterocycles. The van der Waals surface area contributed by atoms with Crippen molar-refractivity contribution in [2.45, 2.75) is 0 Å². The van der Waals surface area contributed by atoms with Crippen LogP contribution in [0, 0.1) is 5.82 Å². The summed E-state index contributed by atoms with van der Waals surface area (Å²) >= 11 is 0. The first kappa shape index (κ1) is 8.39. The molecule has 1 rings (SSSR count). The molecule has 0 amide bonds. The van der Waals surface area contributed by atoms with E-state index < -0.39 is 11.8 Å². The zero-order chi connectivity index (χ0) is 9.14. The Hall–Kier alpha value is -1.71. The molecule has 0 fully saturated rings. The van der Waals surface area contributed by atoms with Crippen LogP contribution < -0.4 is 0 Å². The number of aromatic carboxylic acids is 1. The van der Waals surface area contributed by atoms with E-state index in [-0.39, 0.29) is 11.3 Å². The number of aromatic nitrogens is 1. The molecule has 0 bridgehead atoms. The Bertz CT molecular complexity index is 336. The second kappa shape index (κ2) is 3.13. The third-order valence-electron chi connectivity index (χ3n) is 1.31. The number of carboxylic acid groups (broad SMARTS) is 1. The number of halogens is 1. The van der Waals surface area contributed by atoms with E-state index in [1.165, 1.54) is 6.08 Å². The predicted octanol–water partition coefficient (Wildman–Crippen LogP) is 1.56. The van der Waals surface area contributed by atoms with Crippen LogP contribution >= 0.6 is 0 Å². The van der Waals surface area contributed by atoms with E-state index in [9.17, 15) is 9.18 Å². The lowest BCUT2D eigenvalue weighted by molar-refractivity contribution is 0.0690. The van der Waals surface area contributed by atoms with Gasteiger partial charge in [-0.2, -0.15) is 0 Å². The van der Waals surface area contributed by atoms with E-state index in [1.807, 2.05) is 0 Å². The molecule has 1 aromatic rings. The fourth-order valence-corrected chi connectivity index (χ4v) is 0.789. The smallest absolute Gasteiger partial charge is 0.355 e. The molecule has 0 saturated carbocycles. The first-order valence-corrected chi connectivity index (χ1v) is 3.16. The number of carboxylic acids is 1. The van der Waals surface area contributed by atoms with Crippen LogP contribution in [0.4, 0.5) is 4.39 Å². The van der Waals surface area contributed by atoms with Gasteiger partial charge in [0.25, 0.3) is 0 Å². The van der Waals surface area contributed by atoms with Crippen LogP contribution in [0.2, 0.25) is 0 Å². The summed E-state index contributed by atoms with van der Waals surface area (Å²) in [6, 6.07) is 1.07. The van der Waals surface area contributed by atoms with Crippen molar-refractivity contribution in [3.05, 3.63) is 35.9 Å². The van der Waals surface area contributed by atoms with Crippen LogP contribution in [0.25, 0.3) is 6.08 Å². The Kier molecular flexibility index (Phi) is 2.19. The largest absolute Gasteiger partial charge is 0.476 e. The first-order chi connectivity index (χ1) is 5.65. The minimum Gasteiger partial charge on any atom is -0.476 e. The van der Waals surface area contributed by atoms with Gasteiger partial charge >= 0.3 is 5.97 Å². The molecule has 1 heterocycles. The first-order valence-electron chi connectivity index (χ1n) is 3.16.